The van der Waals surface area contributed by atoms with Crippen molar-refractivity contribution in [3.05, 3.63) is 35.9 Å². The van der Waals surface area contributed by atoms with Gasteiger partial charge in [-0.2, -0.15) is 0 Å². The fourth-order valence-corrected chi connectivity index (χ4v) is 3.23. The molecule has 0 aliphatic heterocycles. The van der Waals surface area contributed by atoms with Gasteiger partial charge in [0.05, 0.1) is 0 Å². The van der Waals surface area contributed by atoms with Crippen molar-refractivity contribution in [3.63, 3.8) is 0 Å². The molecule has 1 aliphatic rings. The highest BCUT2D eigenvalue weighted by Crippen LogP contribution is 2.23. The van der Waals surface area contributed by atoms with Crippen LogP contribution in [0, 0.1) is 0 Å². The van der Waals surface area contributed by atoms with Crippen LogP contribution in [0.25, 0.3) is 0 Å². The van der Waals surface area contributed by atoms with Crippen LogP contribution in [-0.2, 0) is 0 Å². The minimum atomic E-state index is 0.552. The van der Waals surface area contributed by atoms with Crippen molar-refractivity contribution in [2.75, 3.05) is 0 Å². The SMILES string of the molecule is CCCC(NC1CCCCCCC1)c1ccccc1. The summed E-state index contributed by atoms with van der Waals surface area (Å²) in [6, 6.07) is 12.3. The standard InChI is InChI=1S/C18H29N/c1-2-11-18(16-12-7-6-8-13-16)19-17-14-9-4-3-5-10-15-17/h6-8,12-13,17-19H,2-5,9-11,14-15H2,1H3. The molecule has 106 valence electrons. The van der Waals surface area contributed by atoms with E-state index in [9.17, 15) is 0 Å². The molecule has 0 spiro atoms. The predicted molar refractivity (Wildman–Crippen MR) is 83.3 cm³/mol. The molecule has 1 nitrogen and oxygen atoms in total. The third-order valence-corrected chi connectivity index (χ3v) is 4.32. The monoisotopic (exact) mass is 259 g/mol. The normalized spacial score (nSPS) is 19.6. The zero-order valence-corrected chi connectivity index (χ0v) is 12.4. The molecule has 2 rings (SSSR count). The maximum Gasteiger partial charge on any atom is 0.0322 e. The minimum Gasteiger partial charge on any atom is -0.307 e. The fraction of sp³-hybridized carbons (Fsp3) is 0.667. The quantitative estimate of drug-likeness (QED) is 0.763. The molecule has 1 aromatic rings. The summed E-state index contributed by atoms with van der Waals surface area (Å²) in [7, 11) is 0. The summed E-state index contributed by atoms with van der Waals surface area (Å²) in [6.45, 7) is 2.29. The van der Waals surface area contributed by atoms with Crippen LogP contribution in [0.4, 0.5) is 0 Å². The molecule has 1 atom stereocenters. The number of nitrogens with one attached hydrogen (secondary N) is 1. The van der Waals surface area contributed by atoms with Crippen molar-refractivity contribution < 1.29 is 0 Å². The summed E-state index contributed by atoms with van der Waals surface area (Å²) >= 11 is 0. The molecule has 0 bridgehead atoms. The van der Waals surface area contributed by atoms with Gasteiger partial charge in [0, 0.05) is 12.1 Å². The summed E-state index contributed by atoms with van der Waals surface area (Å²) < 4.78 is 0. The predicted octanol–water partition coefficient (Wildman–Crippen LogP) is 5.23. The van der Waals surface area contributed by atoms with Gasteiger partial charge in [0.25, 0.3) is 0 Å². The van der Waals surface area contributed by atoms with Crippen molar-refractivity contribution >= 4 is 0 Å². The van der Waals surface area contributed by atoms with E-state index in [1.165, 1.54) is 63.4 Å². The Morgan fingerprint density at radius 2 is 1.63 bits per heavy atom. The molecule has 19 heavy (non-hydrogen) atoms. The van der Waals surface area contributed by atoms with Crippen LogP contribution in [-0.4, -0.2) is 6.04 Å². The third kappa shape index (κ3) is 4.99. The first-order chi connectivity index (χ1) is 9.40. The summed E-state index contributed by atoms with van der Waals surface area (Å²) in [4.78, 5) is 0. The molecular weight excluding hydrogens is 230 g/mol. The van der Waals surface area contributed by atoms with Gasteiger partial charge in [0.1, 0.15) is 0 Å². The first kappa shape index (κ1) is 14.6. The lowest BCUT2D eigenvalue weighted by molar-refractivity contribution is 0.343. The Morgan fingerprint density at radius 1 is 1.00 bits per heavy atom. The summed E-state index contributed by atoms with van der Waals surface area (Å²) in [5.74, 6) is 0. The molecule has 1 aliphatic carbocycles. The lowest BCUT2D eigenvalue weighted by Gasteiger charge is -2.27. The Labute approximate surface area is 118 Å². The molecule has 0 aromatic heterocycles. The van der Waals surface area contributed by atoms with Gasteiger partial charge in [-0.15, -0.1) is 0 Å². The van der Waals surface area contributed by atoms with E-state index in [1.54, 1.807) is 0 Å². The van der Waals surface area contributed by atoms with Crippen LogP contribution in [0.1, 0.15) is 76.3 Å². The van der Waals surface area contributed by atoms with Gasteiger partial charge in [-0.05, 0) is 24.8 Å². The molecule has 0 amide bonds. The number of hydrogen-bond acceptors (Lipinski definition) is 1. The van der Waals surface area contributed by atoms with Crippen LogP contribution in [0.5, 0.6) is 0 Å². The molecule has 1 aromatic carbocycles. The molecule has 1 unspecified atom stereocenters. The van der Waals surface area contributed by atoms with Crippen molar-refractivity contribution in [3.8, 4) is 0 Å². The Hall–Kier alpha value is -0.820. The zero-order chi connectivity index (χ0) is 13.3. The molecule has 1 saturated carbocycles. The highest BCUT2D eigenvalue weighted by atomic mass is 14.9. The molecule has 1 N–H and O–H groups in total. The van der Waals surface area contributed by atoms with E-state index in [0.717, 1.165) is 6.04 Å². The van der Waals surface area contributed by atoms with Crippen LogP contribution in [0.15, 0.2) is 30.3 Å². The van der Waals surface area contributed by atoms with Gasteiger partial charge < -0.3 is 5.32 Å². The molecule has 0 saturated heterocycles. The van der Waals surface area contributed by atoms with E-state index in [0.29, 0.717) is 6.04 Å². The van der Waals surface area contributed by atoms with Gasteiger partial charge in [-0.3, -0.25) is 0 Å². The first-order valence-electron chi connectivity index (χ1n) is 8.21. The Kier molecular flexibility index (Phi) is 6.43. The van der Waals surface area contributed by atoms with Gasteiger partial charge >= 0.3 is 0 Å². The Bertz CT molecular complexity index is 325. The van der Waals surface area contributed by atoms with Crippen molar-refractivity contribution in [2.24, 2.45) is 0 Å². The highest BCUT2D eigenvalue weighted by molar-refractivity contribution is 5.19. The molecule has 0 heterocycles. The number of benzene rings is 1. The molecule has 0 radical (unpaired) electrons. The minimum absolute atomic E-state index is 0.552. The van der Waals surface area contributed by atoms with Gasteiger partial charge in [-0.1, -0.05) is 75.8 Å². The topological polar surface area (TPSA) is 12.0 Å². The van der Waals surface area contributed by atoms with E-state index >= 15 is 0 Å². The number of rotatable bonds is 5. The first-order valence-corrected chi connectivity index (χ1v) is 8.21. The lowest BCUT2D eigenvalue weighted by atomic mass is 9.94. The van der Waals surface area contributed by atoms with E-state index < -0.39 is 0 Å². The van der Waals surface area contributed by atoms with E-state index in [-0.39, 0.29) is 0 Å². The van der Waals surface area contributed by atoms with Gasteiger partial charge in [0.2, 0.25) is 0 Å². The largest absolute Gasteiger partial charge is 0.307 e. The van der Waals surface area contributed by atoms with Gasteiger partial charge in [-0.25, -0.2) is 0 Å². The van der Waals surface area contributed by atoms with Crippen molar-refractivity contribution in [2.45, 2.75) is 76.8 Å². The Morgan fingerprint density at radius 3 is 2.26 bits per heavy atom. The smallest absolute Gasteiger partial charge is 0.0322 e. The van der Waals surface area contributed by atoms with Crippen LogP contribution < -0.4 is 5.32 Å². The summed E-state index contributed by atoms with van der Waals surface area (Å²) in [5.41, 5.74) is 1.46. The maximum atomic E-state index is 3.94. The lowest BCUT2D eigenvalue weighted by Crippen LogP contribution is -2.33. The third-order valence-electron chi connectivity index (χ3n) is 4.32. The fourth-order valence-electron chi connectivity index (χ4n) is 3.23. The average Bonchev–Trinajstić information content (AvgIpc) is 2.42. The molecular formula is C18H29N. The van der Waals surface area contributed by atoms with Crippen LogP contribution >= 0.6 is 0 Å². The average molecular weight is 259 g/mol. The second-order valence-corrected chi connectivity index (χ2v) is 5.96. The van der Waals surface area contributed by atoms with Crippen LogP contribution in [0.2, 0.25) is 0 Å². The second-order valence-electron chi connectivity index (χ2n) is 5.96. The zero-order valence-electron chi connectivity index (χ0n) is 12.4. The maximum absolute atomic E-state index is 3.94. The van der Waals surface area contributed by atoms with E-state index in [2.05, 4.69) is 42.6 Å². The summed E-state index contributed by atoms with van der Waals surface area (Å²) in [5, 5.41) is 3.94. The van der Waals surface area contributed by atoms with E-state index in [4.69, 9.17) is 0 Å². The summed E-state index contributed by atoms with van der Waals surface area (Å²) in [6.07, 6.45) is 12.4. The Balaban J connectivity index is 1.95. The molecule has 1 heteroatoms. The van der Waals surface area contributed by atoms with Crippen LogP contribution in [0.3, 0.4) is 0 Å². The van der Waals surface area contributed by atoms with E-state index in [1.807, 2.05) is 0 Å². The highest BCUT2D eigenvalue weighted by Gasteiger charge is 2.17. The second kappa shape index (κ2) is 8.37. The van der Waals surface area contributed by atoms with Crippen molar-refractivity contribution in [1.29, 1.82) is 0 Å². The van der Waals surface area contributed by atoms with Crippen molar-refractivity contribution in [1.82, 2.24) is 5.32 Å². The number of hydrogen-bond donors (Lipinski definition) is 1. The van der Waals surface area contributed by atoms with Gasteiger partial charge in [0.15, 0.2) is 0 Å². The molecule has 1 fully saturated rings.